The number of ether oxygens (including phenoxy) is 3. The van der Waals surface area contributed by atoms with Crippen LogP contribution in [0.3, 0.4) is 0 Å². The molecule has 14 heteroatoms. The molecule has 9 rings (SSSR count). The van der Waals surface area contributed by atoms with Crippen molar-refractivity contribution in [1.29, 1.82) is 0 Å². The van der Waals surface area contributed by atoms with E-state index in [0.717, 1.165) is 43.8 Å². The largest absolute Gasteiger partial charge is 0.491 e. The molecule has 3 aromatic heterocycles. The Morgan fingerprint density at radius 2 is 0.942 bits per heavy atom. The molecule has 8 bridgehead atoms. The first-order chi connectivity index (χ1) is 25.7. The van der Waals surface area contributed by atoms with Crippen LogP contribution >= 0.6 is 0 Å². The molecule has 2 aliphatic heterocycles. The molecular weight excluding hydrogens is 658 g/mol. The van der Waals surface area contributed by atoms with E-state index in [9.17, 15) is 0 Å². The van der Waals surface area contributed by atoms with Crippen LogP contribution in [0.25, 0.3) is 100 Å². The highest BCUT2D eigenvalue weighted by Crippen LogP contribution is 2.37. The van der Waals surface area contributed by atoms with Crippen LogP contribution in [0.15, 0.2) is 96.1 Å². The second-order valence-electron chi connectivity index (χ2n) is 12.0. The average molecular weight is 688 g/mol. The van der Waals surface area contributed by atoms with E-state index in [1.165, 1.54) is 0 Å². The van der Waals surface area contributed by atoms with Gasteiger partial charge in [0.15, 0.2) is 23.3 Å². The lowest BCUT2D eigenvalue weighted by molar-refractivity contribution is 0.0388. The van der Waals surface area contributed by atoms with Gasteiger partial charge < -0.3 is 24.2 Å². The van der Waals surface area contributed by atoms with Gasteiger partial charge in [-0.25, -0.2) is 29.9 Å². The fourth-order valence-electron chi connectivity index (χ4n) is 6.40. The van der Waals surface area contributed by atoms with E-state index in [1.807, 2.05) is 91.0 Å². The maximum atomic E-state index is 8.34. The summed E-state index contributed by atoms with van der Waals surface area (Å²) >= 11 is 0. The lowest BCUT2D eigenvalue weighted by Crippen LogP contribution is -2.11. The molecule has 0 fully saturated rings. The number of nitrogens with zero attached hydrogens (tertiary/aromatic N) is 9. The van der Waals surface area contributed by atoms with E-state index in [1.54, 1.807) is 0 Å². The molecular formula is C38H29N11O3. The molecule has 0 aliphatic carbocycles. The van der Waals surface area contributed by atoms with Gasteiger partial charge in [-0.15, -0.1) is 0 Å². The SMILES string of the molecule is [N-]=[N+]=NCCOCCOCCOc1ccc2c3nc4nc(nc5[nH]c(nc6nc(nc([nH]3)c2c1)-c1ccccc1-6)c1ccccc51)-c1ccccc1-4. The topological polar surface area (TPSA) is 185 Å². The molecule has 2 N–H and O–H groups in total. The monoisotopic (exact) mass is 687 g/mol. The molecule has 14 nitrogen and oxygen atoms in total. The lowest BCUT2D eigenvalue weighted by atomic mass is 10.1. The highest BCUT2D eigenvalue weighted by molar-refractivity contribution is 6.06. The number of azide groups is 1. The lowest BCUT2D eigenvalue weighted by Gasteiger charge is -2.07. The van der Waals surface area contributed by atoms with E-state index in [4.69, 9.17) is 49.6 Å². The van der Waals surface area contributed by atoms with Crippen molar-refractivity contribution < 1.29 is 14.2 Å². The molecule has 4 aromatic carbocycles. The zero-order valence-corrected chi connectivity index (χ0v) is 27.7. The number of aromatic nitrogens is 8. The molecule has 0 spiro atoms. The van der Waals surface area contributed by atoms with Gasteiger partial charge >= 0.3 is 0 Å². The Hall–Kier alpha value is -6.73. The van der Waals surface area contributed by atoms with Gasteiger partial charge in [-0.2, -0.15) is 0 Å². The Kier molecular flexibility index (Phi) is 8.13. The van der Waals surface area contributed by atoms with Gasteiger partial charge in [0.25, 0.3) is 0 Å². The Morgan fingerprint density at radius 1 is 0.500 bits per heavy atom. The fraction of sp³-hybridized carbons (Fsp3) is 0.158. The number of hydrogen-bond donors (Lipinski definition) is 2. The van der Waals surface area contributed by atoms with Crippen LogP contribution in [0.4, 0.5) is 0 Å². The van der Waals surface area contributed by atoms with Crippen molar-refractivity contribution in [1.82, 2.24) is 39.9 Å². The number of nitrogens with one attached hydrogen (secondary N) is 2. The summed E-state index contributed by atoms with van der Waals surface area (Å²) in [4.78, 5) is 39.8. The van der Waals surface area contributed by atoms with Gasteiger partial charge in [0.2, 0.25) is 0 Å². The van der Waals surface area contributed by atoms with Gasteiger partial charge in [0.1, 0.15) is 34.9 Å². The summed E-state index contributed by atoms with van der Waals surface area (Å²) in [5.41, 5.74) is 14.3. The molecule has 0 saturated heterocycles. The van der Waals surface area contributed by atoms with Crippen molar-refractivity contribution in [3.63, 3.8) is 0 Å². The van der Waals surface area contributed by atoms with Crippen LogP contribution in [0.1, 0.15) is 0 Å². The number of fused-ring (bicyclic) bond motifs is 20. The molecule has 0 radical (unpaired) electrons. The second-order valence-corrected chi connectivity index (χ2v) is 12.0. The van der Waals surface area contributed by atoms with Gasteiger partial charge in [-0.1, -0.05) is 77.9 Å². The van der Waals surface area contributed by atoms with Crippen molar-refractivity contribution in [3.05, 3.63) is 101 Å². The number of rotatable bonds is 10. The van der Waals surface area contributed by atoms with Crippen molar-refractivity contribution in [2.45, 2.75) is 0 Å². The molecule has 7 aromatic rings. The third-order valence-electron chi connectivity index (χ3n) is 8.79. The normalized spacial score (nSPS) is 11.7. The molecule has 0 saturated carbocycles. The maximum Gasteiger partial charge on any atom is 0.164 e. The van der Waals surface area contributed by atoms with E-state index in [2.05, 4.69) is 20.0 Å². The van der Waals surface area contributed by atoms with E-state index in [0.29, 0.717) is 91.2 Å². The number of benzene rings is 4. The minimum absolute atomic E-state index is 0.293. The zero-order valence-electron chi connectivity index (χ0n) is 27.7. The van der Waals surface area contributed by atoms with Crippen LogP contribution in [0.2, 0.25) is 0 Å². The van der Waals surface area contributed by atoms with E-state index < -0.39 is 0 Å². The summed E-state index contributed by atoms with van der Waals surface area (Å²) in [6, 6.07) is 29.7. The fourth-order valence-corrected chi connectivity index (χ4v) is 6.40. The van der Waals surface area contributed by atoms with Gasteiger partial charge in [-0.3, -0.25) is 0 Å². The summed E-state index contributed by atoms with van der Waals surface area (Å²) in [6.07, 6.45) is 0. The third kappa shape index (κ3) is 5.82. The first-order valence-corrected chi connectivity index (χ1v) is 16.8. The Labute approximate surface area is 295 Å². The quantitative estimate of drug-likeness (QED) is 0.0632. The first-order valence-electron chi connectivity index (χ1n) is 16.8. The maximum absolute atomic E-state index is 8.34. The number of aromatic amines is 2. The van der Waals surface area contributed by atoms with Crippen LogP contribution in [0.5, 0.6) is 5.75 Å². The van der Waals surface area contributed by atoms with Crippen molar-refractivity contribution in [2.75, 3.05) is 39.6 Å². The zero-order chi connectivity index (χ0) is 34.9. The van der Waals surface area contributed by atoms with Gasteiger partial charge in [0.05, 0.1) is 26.4 Å². The summed E-state index contributed by atoms with van der Waals surface area (Å²) in [7, 11) is 0. The summed E-state index contributed by atoms with van der Waals surface area (Å²) < 4.78 is 17.1. The molecule has 52 heavy (non-hydrogen) atoms. The summed E-state index contributed by atoms with van der Waals surface area (Å²) in [6.45, 7) is 2.16. The summed E-state index contributed by atoms with van der Waals surface area (Å²) in [5, 5.41) is 6.94. The molecule has 2 aliphatic rings. The Morgan fingerprint density at radius 3 is 1.46 bits per heavy atom. The standard InChI is InChI=1S/C38H29N11O3/c39-49-40-15-16-50-17-18-51-19-20-52-22-13-14-29-30(21-22)38-47-36-28-12-6-5-11-27(28)34(45-36)43-32-24-8-2-1-7-23(24)31(41-32)42-33-25-9-3-4-10-26(25)35(44-33)46-37(29)48-38/h1-14,21H,15-20H2,(H2,41,42,43,44,45,46,47,48). The van der Waals surface area contributed by atoms with Gasteiger partial charge in [-0.05, 0) is 23.7 Å². The molecule has 0 unspecified atom stereocenters. The van der Waals surface area contributed by atoms with Crippen LogP contribution < -0.4 is 4.74 Å². The molecule has 0 atom stereocenters. The number of H-pyrrole nitrogens is 2. The minimum atomic E-state index is 0.293. The van der Waals surface area contributed by atoms with E-state index in [-0.39, 0.29) is 0 Å². The summed E-state index contributed by atoms with van der Waals surface area (Å²) in [5.74, 6) is 2.81. The van der Waals surface area contributed by atoms with Crippen LogP contribution in [-0.2, 0) is 9.47 Å². The minimum Gasteiger partial charge on any atom is -0.491 e. The first kappa shape index (κ1) is 31.3. The van der Waals surface area contributed by atoms with Gasteiger partial charge in [0, 0.05) is 55.3 Å². The van der Waals surface area contributed by atoms with Crippen molar-refractivity contribution in [3.8, 4) is 51.3 Å². The molecule has 0 amide bonds. The van der Waals surface area contributed by atoms with Crippen LogP contribution in [-0.4, -0.2) is 79.5 Å². The average Bonchev–Trinajstić information content (AvgIpc) is 3.91. The number of hydrogen-bond acceptors (Lipinski definition) is 10. The van der Waals surface area contributed by atoms with Crippen molar-refractivity contribution >= 4 is 44.1 Å². The Bertz CT molecular complexity index is 2710. The second kappa shape index (κ2) is 13.5. The highest BCUT2D eigenvalue weighted by atomic mass is 16.5. The predicted molar refractivity (Wildman–Crippen MR) is 197 cm³/mol. The predicted octanol–water partition coefficient (Wildman–Crippen LogP) is 7.59. The third-order valence-corrected chi connectivity index (χ3v) is 8.79. The molecule has 5 heterocycles. The van der Waals surface area contributed by atoms with E-state index >= 15 is 0 Å². The smallest absolute Gasteiger partial charge is 0.164 e. The van der Waals surface area contributed by atoms with Crippen molar-refractivity contribution in [2.24, 2.45) is 5.11 Å². The van der Waals surface area contributed by atoms with Crippen LogP contribution in [0, 0.1) is 0 Å². The highest BCUT2D eigenvalue weighted by Gasteiger charge is 2.22. The molecule has 254 valence electrons. The Balaban J connectivity index is 1.18.